The molecule has 6 heteroatoms. The first-order valence-corrected chi connectivity index (χ1v) is 11.5. The minimum Gasteiger partial charge on any atom is -0.508 e. The Hall–Kier alpha value is -4.32. The van der Waals surface area contributed by atoms with Gasteiger partial charge in [0.2, 0.25) is 11.2 Å². The zero-order valence-electron chi connectivity index (χ0n) is 21.1. The topological polar surface area (TPSA) is 86.0 Å². The Balaban J connectivity index is 0.000000214. The van der Waals surface area contributed by atoms with Crippen LogP contribution in [0.3, 0.4) is 0 Å². The summed E-state index contributed by atoms with van der Waals surface area (Å²) >= 11 is 0. The van der Waals surface area contributed by atoms with E-state index in [0.717, 1.165) is 11.1 Å². The lowest BCUT2D eigenvalue weighted by molar-refractivity contribution is 0.101. The SMILES string of the molecule is CC(=O)c1ccc(O)c(CC=C(C)C)c1.COc1c(-c2ccccc2)oc2c(OC)cccc2c1=O. The van der Waals surface area contributed by atoms with Gasteiger partial charge in [-0.2, -0.15) is 0 Å². The largest absolute Gasteiger partial charge is 0.508 e. The maximum absolute atomic E-state index is 12.6. The molecule has 4 rings (SSSR count). The van der Waals surface area contributed by atoms with Crippen molar-refractivity contribution in [2.75, 3.05) is 14.2 Å². The maximum atomic E-state index is 12.6. The van der Waals surface area contributed by atoms with Gasteiger partial charge in [-0.3, -0.25) is 9.59 Å². The second-order valence-corrected chi connectivity index (χ2v) is 8.38. The summed E-state index contributed by atoms with van der Waals surface area (Å²) in [5.41, 5.74) is 3.62. The Morgan fingerprint density at radius 3 is 2.28 bits per heavy atom. The number of rotatable bonds is 6. The lowest BCUT2D eigenvalue weighted by Gasteiger charge is -2.10. The van der Waals surface area contributed by atoms with E-state index in [0.29, 0.717) is 34.5 Å². The molecular weight excluding hydrogens is 456 g/mol. The van der Waals surface area contributed by atoms with Gasteiger partial charge in [0, 0.05) is 11.1 Å². The van der Waals surface area contributed by atoms with Crippen LogP contribution in [0.5, 0.6) is 17.2 Å². The number of allylic oxidation sites excluding steroid dienone is 2. The molecule has 3 aromatic carbocycles. The van der Waals surface area contributed by atoms with Crippen molar-refractivity contribution in [2.45, 2.75) is 27.2 Å². The molecule has 4 aromatic rings. The number of carbonyl (C=O) groups excluding carboxylic acids is 1. The van der Waals surface area contributed by atoms with E-state index in [1.54, 1.807) is 43.5 Å². The second-order valence-electron chi connectivity index (χ2n) is 8.38. The molecule has 0 bridgehead atoms. The van der Waals surface area contributed by atoms with Crippen LogP contribution in [0.2, 0.25) is 0 Å². The molecule has 0 aliphatic heterocycles. The summed E-state index contributed by atoms with van der Waals surface area (Å²) in [7, 11) is 3.01. The van der Waals surface area contributed by atoms with Gasteiger partial charge < -0.3 is 19.0 Å². The molecule has 0 saturated heterocycles. The molecule has 36 heavy (non-hydrogen) atoms. The van der Waals surface area contributed by atoms with Gasteiger partial charge in [-0.05, 0) is 63.1 Å². The number of hydrogen-bond donors (Lipinski definition) is 1. The monoisotopic (exact) mass is 486 g/mol. The smallest absolute Gasteiger partial charge is 0.235 e. The number of hydrogen-bond acceptors (Lipinski definition) is 6. The van der Waals surface area contributed by atoms with Gasteiger partial charge in [0.15, 0.2) is 22.9 Å². The van der Waals surface area contributed by atoms with Gasteiger partial charge in [0.05, 0.1) is 19.6 Å². The highest BCUT2D eigenvalue weighted by molar-refractivity contribution is 5.94. The maximum Gasteiger partial charge on any atom is 0.235 e. The van der Waals surface area contributed by atoms with Crippen LogP contribution in [-0.4, -0.2) is 25.1 Å². The molecule has 0 aliphatic rings. The summed E-state index contributed by atoms with van der Waals surface area (Å²) < 4.78 is 16.5. The molecule has 0 amide bonds. The molecule has 0 radical (unpaired) electrons. The summed E-state index contributed by atoms with van der Waals surface area (Å²) in [6.07, 6.45) is 2.69. The molecule has 0 saturated carbocycles. The first kappa shape index (κ1) is 26.3. The molecule has 1 aromatic heterocycles. The first-order chi connectivity index (χ1) is 17.3. The van der Waals surface area contributed by atoms with Crippen LogP contribution in [0.25, 0.3) is 22.3 Å². The fraction of sp³-hybridized carbons (Fsp3) is 0.200. The number of phenols is 1. The third kappa shape index (κ3) is 6.02. The van der Waals surface area contributed by atoms with Crippen molar-refractivity contribution in [3.63, 3.8) is 0 Å². The van der Waals surface area contributed by atoms with Crippen molar-refractivity contribution >= 4 is 16.8 Å². The highest BCUT2D eigenvalue weighted by Gasteiger charge is 2.18. The van der Waals surface area contributed by atoms with Crippen molar-refractivity contribution < 1.29 is 23.8 Å². The number of benzene rings is 3. The van der Waals surface area contributed by atoms with E-state index in [4.69, 9.17) is 13.9 Å². The summed E-state index contributed by atoms with van der Waals surface area (Å²) in [5, 5.41) is 10.0. The molecule has 6 nitrogen and oxygen atoms in total. The molecule has 1 N–H and O–H groups in total. The molecule has 0 fully saturated rings. The van der Waals surface area contributed by atoms with Gasteiger partial charge in [0.1, 0.15) is 5.75 Å². The van der Waals surface area contributed by atoms with Crippen molar-refractivity contribution in [3.8, 4) is 28.6 Å². The average Bonchev–Trinajstić information content (AvgIpc) is 2.88. The zero-order chi connectivity index (χ0) is 26.2. The molecule has 0 unspecified atom stereocenters. The van der Waals surface area contributed by atoms with Crippen LogP contribution in [0, 0.1) is 0 Å². The summed E-state index contributed by atoms with van der Waals surface area (Å²) in [6, 6.07) is 19.5. The average molecular weight is 487 g/mol. The number of fused-ring (bicyclic) bond motifs is 1. The quantitative estimate of drug-likeness (QED) is 0.245. The van der Waals surface area contributed by atoms with E-state index < -0.39 is 0 Å². The molecular formula is C30H30O6. The predicted octanol–water partition coefficient (Wildman–Crippen LogP) is 6.58. The standard InChI is InChI=1S/C17H14O4.C13H16O2/c1-19-13-10-6-9-12-14(18)17(20-2)15(21-16(12)13)11-7-4-3-5-8-11;1-9(2)4-5-12-8-11(10(3)14)6-7-13(12)15/h3-10H,1-2H3;4,6-8,15H,5H2,1-3H3. The van der Waals surface area contributed by atoms with Gasteiger partial charge in [0.25, 0.3) is 0 Å². The molecule has 0 atom stereocenters. The Morgan fingerprint density at radius 1 is 0.944 bits per heavy atom. The van der Waals surface area contributed by atoms with Gasteiger partial charge >= 0.3 is 0 Å². The highest BCUT2D eigenvalue weighted by Crippen LogP contribution is 2.33. The Morgan fingerprint density at radius 2 is 1.67 bits per heavy atom. The van der Waals surface area contributed by atoms with E-state index >= 15 is 0 Å². The minimum absolute atomic E-state index is 0.0217. The van der Waals surface area contributed by atoms with E-state index in [2.05, 4.69) is 0 Å². The lowest BCUT2D eigenvalue weighted by Crippen LogP contribution is -2.08. The molecule has 0 spiro atoms. The van der Waals surface area contributed by atoms with Gasteiger partial charge in [-0.15, -0.1) is 0 Å². The summed E-state index contributed by atoms with van der Waals surface area (Å²) in [5.74, 6) is 1.39. The lowest BCUT2D eigenvalue weighted by atomic mass is 10.0. The fourth-order valence-corrected chi connectivity index (χ4v) is 3.58. The molecule has 1 heterocycles. The third-order valence-electron chi connectivity index (χ3n) is 5.52. The zero-order valence-corrected chi connectivity index (χ0v) is 21.1. The number of phenolic OH excluding ortho intramolecular Hbond substituents is 1. The second kappa shape index (κ2) is 11.9. The van der Waals surface area contributed by atoms with Crippen LogP contribution in [0.1, 0.15) is 36.7 Å². The van der Waals surface area contributed by atoms with E-state index in [-0.39, 0.29) is 22.7 Å². The van der Waals surface area contributed by atoms with Crippen molar-refractivity contribution in [3.05, 3.63) is 99.7 Å². The normalized spacial score (nSPS) is 10.2. The predicted molar refractivity (Wildman–Crippen MR) is 142 cm³/mol. The number of methoxy groups -OCH3 is 2. The number of Topliss-reactive ketones (excluding diaryl/α,β-unsaturated/α-hetero) is 1. The first-order valence-electron chi connectivity index (χ1n) is 11.5. The summed E-state index contributed by atoms with van der Waals surface area (Å²) in [4.78, 5) is 23.7. The van der Waals surface area contributed by atoms with Crippen molar-refractivity contribution in [2.24, 2.45) is 0 Å². The van der Waals surface area contributed by atoms with Gasteiger partial charge in [-0.25, -0.2) is 0 Å². The van der Waals surface area contributed by atoms with E-state index in [1.807, 2.05) is 50.3 Å². The molecule has 186 valence electrons. The Labute approximate surface area is 210 Å². The Kier molecular flexibility index (Phi) is 8.68. The van der Waals surface area contributed by atoms with Crippen LogP contribution in [-0.2, 0) is 6.42 Å². The third-order valence-corrected chi connectivity index (χ3v) is 5.52. The van der Waals surface area contributed by atoms with Crippen LogP contribution < -0.4 is 14.9 Å². The number of ketones is 1. The molecule has 0 aliphatic carbocycles. The minimum atomic E-state index is -0.212. The van der Waals surface area contributed by atoms with E-state index in [9.17, 15) is 14.7 Å². The van der Waals surface area contributed by atoms with Crippen LogP contribution in [0.15, 0.2) is 87.6 Å². The number of para-hydroxylation sites is 1. The fourth-order valence-electron chi connectivity index (χ4n) is 3.58. The van der Waals surface area contributed by atoms with Crippen LogP contribution >= 0.6 is 0 Å². The Bertz CT molecular complexity index is 1440. The number of aromatic hydroxyl groups is 1. The number of ether oxygens (including phenoxy) is 2. The van der Waals surface area contributed by atoms with Crippen molar-refractivity contribution in [1.29, 1.82) is 0 Å². The highest BCUT2D eigenvalue weighted by atomic mass is 16.5. The van der Waals surface area contributed by atoms with E-state index in [1.165, 1.54) is 19.6 Å². The van der Waals surface area contributed by atoms with Crippen LogP contribution in [0.4, 0.5) is 0 Å². The summed E-state index contributed by atoms with van der Waals surface area (Å²) in [6.45, 7) is 5.54. The van der Waals surface area contributed by atoms with Gasteiger partial charge in [-0.1, -0.05) is 48.0 Å². The van der Waals surface area contributed by atoms with Crippen molar-refractivity contribution in [1.82, 2.24) is 0 Å². The number of carbonyl (C=O) groups is 1.